The van der Waals surface area contributed by atoms with E-state index in [1.807, 2.05) is 30.3 Å². The number of likely N-dealkylation sites (tertiary alicyclic amines) is 1. The van der Waals surface area contributed by atoms with E-state index >= 15 is 0 Å². The molecule has 7 heteroatoms. The molecule has 0 atom stereocenters. The van der Waals surface area contributed by atoms with Gasteiger partial charge in [-0.25, -0.2) is 0 Å². The van der Waals surface area contributed by atoms with Crippen molar-refractivity contribution in [2.45, 2.75) is 57.2 Å². The van der Waals surface area contributed by atoms with E-state index in [2.05, 4.69) is 10.5 Å². The van der Waals surface area contributed by atoms with Crippen molar-refractivity contribution in [3.8, 4) is 11.3 Å². The largest absolute Gasteiger partial charge is 0.375 e. The first kappa shape index (κ1) is 20.6. The van der Waals surface area contributed by atoms with Gasteiger partial charge in [0.05, 0.1) is 18.8 Å². The second kappa shape index (κ2) is 9.89. The van der Waals surface area contributed by atoms with E-state index in [1.54, 1.807) is 11.0 Å². The molecule has 1 aromatic heterocycles. The molecule has 1 aromatic carbocycles. The number of amides is 2. The molecular formula is C23H29N3O4. The summed E-state index contributed by atoms with van der Waals surface area (Å²) in [4.78, 5) is 26.6. The van der Waals surface area contributed by atoms with E-state index in [0.717, 1.165) is 18.4 Å². The van der Waals surface area contributed by atoms with Crippen LogP contribution in [0.2, 0.25) is 0 Å². The first-order valence-electron chi connectivity index (χ1n) is 10.9. The predicted molar refractivity (Wildman–Crippen MR) is 112 cm³/mol. The molecule has 0 radical (unpaired) electrons. The Hall–Kier alpha value is -2.67. The Kier molecular flexibility index (Phi) is 6.79. The number of rotatable bonds is 6. The van der Waals surface area contributed by atoms with Crippen LogP contribution in [0.15, 0.2) is 40.9 Å². The summed E-state index contributed by atoms with van der Waals surface area (Å²) in [6.45, 7) is 1.31. The number of nitrogens with one attached hydrogen (secondary N) is 1. The Morgan fingerprint density at radius 2 is 1.73 bits per heavy atom. The maximum Gasteiger partial charge on any atom is 0.273 e. The van der Waals surface area contributed by atoms with Crippen molar-refractivity contribution < 1.29 is 18.8 Å². The molecule has 2 amide bonds. The lowest BCUT2D eigenvalue weighted by molar-refractivity contribution is -0.133. The number of hydrogen-bond donors (Lipinski definition) is 1. The standard InChI is InChI=1S/C23H29N3O4/c27-22(26-13-11-19(12-14-26)29-18-9-5-2-6-10-18)16-24-23(28)20-15-21(30-25-20)17-7-3-1-4-8-17/h1,3-4,7-8,15,18-19H,2,5-6,9-14,16H2,(H,24,28). The molecule has 0 unspecified atom stereocenters. The maximum atomic E-state index is 12.5. The molecule has 160 valence electrons. The van der Waals surface area contributed by atoms with Gasteiger partial charge in [-0.1, -0.05) is 54.8 Å². The Labute approximate surface area is 176 Å². The quantitative estimate of drug-likeness (QED) is 0.787. The van der Waals surface area contributed by atoms with Gasteiger partial charge in [0, 0.05) is 24.7 Å². The van der Waals surface area contributed by atoms with Gasteiger partial charge in [-0.3, -0.25) is 9.59 Å². The Morgan fingerprint density at radius 1 is 1.03 bits per heavy atom. The number of hydrogen-bond acceptors (Lipinski definition) is 5. The summed E-state index contributed by atoms with van der Waals surface area (Å²) in [7, 11) is 0. The van der Waals surface area contributed by atoms with E-state index < -0.39 is 5.91 Å². The van der Waals surface area contributed by atoms with Crippen molar-refractivity contribution in [1.29, 1.82) is 0 Å². The highest BCUT2D eigenvalue weighted by Gasteiger charge is 2.26. The molecular weight excluding hydrogens is 382 g/mol. The van der Waals surface area contributed by atoms with Gasteiger partial charge >= 0.3 is 0 Å². The fraction of sp³-hybridized carbons (Fsp3) is 0.522. The van der Waals surface area contributed by atoms with Gasteiger partial charge in [-0.2, -0.15) is 0 Å². The molecule has 7 nitrogen and oxygen atoms in total. The molecule has 1 saturated carbocycles. The van der Waals surface area contributed by atoms with E-state index in [4.69, 9.17) is 9.26 Å². The molecule has 1 saturated heterocycles. The lowest BCUT2D eigenvalue weighted by Gasteiger charge is -2.35. The van der Waals surface area contributed by atoms with Crippen LogP contribution in [0, 0.1) is 0 Å². The van der Waals surface area contributed by atoms with Gasteiger partial charge in [0.25, 0.3) is 5.91 Å². The zero-order chi connectivity index (χ0) is 20.8. The smallest absolute Gasteiger partial charge is 0.273 e. The van der Waals surface area contributed by atoms with Crippen LogP contribution in [-0.4, -0.2) is 53.7 Å². The molecule has 1 aliphatic carbocycles. The topological polar surface area (TPSA) is 84.7 Å². The molecule has 30 heavy (non-hydrogen) atoms. The lowest BCUT2D eigenvalue weighted by Crippen LogP contribution is -2.46. The summed E-state index contributed by atoms with van der Waals surface area (Å²) in [5.74, 6) is 0.0307. The van der Waals surface area contributed by atoms with Gasteiger partial charge < -0.3 is 19.5 Å². The fourth-order valence-corrected chi connectivity index (χ4v) is 4.19. The van der Waals surface area contributed by atoms with Gasteiger partial charge in [-0.15, -0.1) is 0 Å². The monoisotopic (exact) mass is 411 g/mol. The third-order valence-electron chi connectivity index (χ3n) is 5.93. The SMILES string of the molecule is O=C(NCC(=O)N1CCC(OC2CCCCC2)CC1)c1cc(-c2ccccc2)on1. The maximum absolute atomic E-state index is 12.5. The highest BCUT2D eigenvalue weighted by molar-refractivity contribution is 5.95. The van der Waals surface area contributed by atoms with E-state index in [1.165, 1.54) is 32.1 Å². The number of piperidine rings is 1. The van der Waals surface area contributed by atoms with Crippen LogP contribution in [0.25, 0.3) is 11.3 Å². The second-order valence-electron chi connectivity index (χ2n) is 8.10. The first-order valence-corrected chi connectivity index (χ1v) is 10.9. The van der Waals surface area contributed by atoms with Gasteiger partial charge in [0.2, 0.25) is 5.91 Å². The number of nitrogens with zero attached hydrogens (tertiary/aromatic N) is 2. The van der Waals surface area contributed by atoms with Crippen LogP contribution in [0.1, 0.15) is 55.4 Å². The average molecular weight is 412 g/mol. The Bertz CT molecular complexity index is 837. The van der Waals surface area contributed by atoms with Crippen molar-refractivity contribution >= 4 is 11.8 Å². The Morgan fingerprint density at radius 3 is 2.47 bits per heavy atom. The van der Waals surface area contributed by atoms with E-state index in [9.17, 15) is 9.59 Å². The third kappa shape index (κ3) is 5.27. The summed E-state index contributed by atoms with van der Waals surface area (Å²) in [5.41, 5.74) is 1.01. The summed E-state index contributed by atoms with van der Waals surface area (Å²) in [6, 6.07) is 11.0. The molecule has 1 aliphatic heterocycles. The van der Waals surface area contributed by atoms with Crippen LogP contribution < -0.4 is 5.32 Å². The lowest BCUT2D eigenvalue weighted by atomic mass is 9.97. The highest BCUT2D eigenvalue weighted by atomic mass is 16.5. The summed E-state index contributed by atoms with van der Waals surface area (Å²) >= 11 is 0. The van der Waals surface area contributed by atoms with Crippen LogP contribution in [0.4, 0.5) is 0 Å². The number of carbonyl (C=O) groups is 2. The van der Waals surface area contributed by atoms with Crippen molar-refractivity contribution in [3.63, 3.8) is 0 Å². The molecule has 2 fully saturated rings. The fourth-order valence-electron chi connectivity index (χ4n) is 4.19. The van der Waals surface area contributed by atoms with Crippen LogP contribution >= 0.6 is 0 Å². The molecule has 4 rings (SSSR count). The third-order valence-corrected chi connectivity index (χ3v) is 5.93. The zero-order valence-corrected chi connectivity index (χ0v) is 17.2. The van der Waals surface area contributed by atoms with Crippen molar-refractivity contribution in [2.24, 2.45) is 0 Å². The highest BCUT2D eigenvalue weighted by Crippen LogP contribution is 2.25. The second-order valence-corrected chi connectivity index (χ2v) is 8.10. The first-order chi connectivity index (χ1) is 14.7. The van der Waals surface area contributed by atoms with E-state index in [0.29, 0.717) is 25.0 Å². The Balaban J connectivity index is 1.20. The van der Waals surface area contributed by atoms with Crippen LogP contribution in [0.5, 0.6) is 0 Å². The molecule has 0 bridgehead atoms. The van der Waals surface area contributed by atoms with Crippen LogP contribution in [0.3, 0.4) is 0 Å². The van der Waals surface area contributed by atoms with Crippen molar-refractivity contribution in [2.75, 3.05) is 19.6 Å². The normalized spacial score (nSPS) is 18.3. The van der Waals surface area contributed by atoms with Crippen LogP contribution in [-0.2, 0) is 9.53 Å². The molecule has 2 aliphatic rings. The minimum absolute atomic E-state index is 0.0412. The predicted octanol–water partition coefficient (Wildman–Crippen LogP) is 3.41. The number of aromatic nitrogens is 1. The minimum Gasteiger partial charge on any atom is -0.375 e. The average Bonchev–Trinajstić information content (AvgIpc) is 3.30. The molecule has 0 spiro atoms. The summed E-state index contributed by atoms with van der Waals surface area (Å²) in [5, 5.41) is 6.47. The summed E-state index contributed by atoms with van der Waals surface area (Å²) < 4.78 is 11.5. The molecule has 1 N–H and O–H groups in total. The molecule has 2 aromatic rings. The molecule has 2 heterocycles. The van der Waals surface area contributed by atoms with Crippen molar-refractivity contribution in [3.05, 3.63) is 42.1 Å². The van der Waals surface area contributed by atoms with Gasteiger partial charge in [-0.05, 0) is 25.7 Å². The zero-order valence-electron chi connectivity index (χ0n) is 17.2. The number of carbonyl (C=O) groups excluding carboxylic acids is 2. The van der Waals surface area contributed by atoms with Gasteiger partial charge in [0.1, 0.15) is 0 Å². The number of benzene rings is 1. The number of ether oxygens (including phenoxy) is 1. The van der Waals surface area contributed by atoms with Crippen molar-refractivity contribution in [1.82, 2.24) is 15.4 Å². The summed E-state index contributed by atoms with van der Waals surface area (Å²) in [6.07, 6.45) is 8.55. The van der Waals surface area contributed by atoms with Gasteiger partial charge in [0.15, 0.2) is 11.5 Å². The minimum atomic E-state index is -0.412. The van der Waals surface area contributed by atoms with E-state index in [-0.39, 0.29) is 24.2 Å².